The van der Waals surface area contributed by atoms with Gasteiger partial charge in [-0.2, -0.15) is 5.10 Å². The molecule has 3 aromatic rings. The van der Waals surface area contributed by atoms with E-state index >= 15 is 0 Å². The number of ether oxygens (including phenoxy) is 1. The molecule has 1 heterocycles. The Hall–Kier alpha value is -2.86. The molecule has 5 nitrogen and oxygen atoms in total. The lowest BCUT2D eigenvalue weighted by Gasteiger charge is -2.07. The Morgan fingerprint density at radius 2 is 1.73 bits per heavy atom. The molecule has 0 spiro atoms. The predicted octanol–water partition coefficient (Wildman–Crippen LogP) is 4.16. The zero-order valence-corrected chi connectivity index (χ0v) is 15.8. The second-order valence-electron chi connectivity index (χ2n) is 5.61. The fourth-order valence-electron chi connectivity index (χ4n) is 2.30. The number of hydrazone groups is 1. The number of hydrogen-bond acceptors (Lipinski definition) is 3. The van der Waals surface area contributed by atoms with Gasteiger partial charge in [0.25, 0.3) is 5.91 Å². The minimum absolute atomic E-state index is 0.0923. The van der Waals surface area contributed by atoms with Crippen molar-refractivity contribution < 1.29 is 9.53 Å². The van der Waals surface area contributed by atoms with E-state index in [1.807, 2.05) is 72.4 Å². The summed E-state index contributed by atoms with van der Waals surface area (Å²) in [7, 11) is 0. The maximum Gasteiger partial charge on any atom is 0.277 e. The molecule has 0 aliphatic heterocycles. The number of hydrogen-bond donors (Lipinski definition) is 1. The van der Waals surface area contributed by atoms with Gasteiger partial charge in [-0.05, 0) is 61.0 Å². The van der Waals surface area contributed by atoms with Crippen molar-refractivity contribution in [2.24, 2.45) is 5.10 Å². The zero-order valence-electron chi connectivity index (χ0n) is 14.2. The molecule has 2 aromatic carbocycles. The Morgan fingerprint density at radius 3 is 2.38 bits per heavy atom. The number of benzene rings is 2. The lowest BCUT2D eigenvalue weighted by Crippen LogP contribution is -2.25. The van der Waals surface area contributed by atoms with E-state index in [0.29, 0.717) is 5.75 Å². The van der Waals surface area contributed by atoms with Crippen LogP contribution in [-0.4, -0.2) is 22.8 Å². The van der Waals surface area contributed by atoms with Gasteiger partial charge in [-0.1, -0.05) is 28.1 Å². The van der Waals surface area contributed by atoms with Gasteiger partial charge >= 0.3 is 0 Å². The highest BCUT2D eigenvalue weighted by molar-refractivity contribution is 9.10. The van der Waals surface area contributed by atoms with Crippen LogP contribution in [0.3, 0.4) is 0 Å². The molecule has 0 unspecified atom stereocenters. The normalized spacial score (nSPS) is 11.2. The van der Waals surface area contributed by atoms with Crippen LogP contribution in [0.25, 0.3) is 5.69 Å². The highest BCUT2D eigenvalue weighted by atomic mass is 79.9. The van der Waals surface area contributed by atoms with Gasteiger partial charge in [0.05, 0.1) is 5.71 Å². The average molecular weight is 412 g/mol. The highest BCUT2D eigenvalue weighted by Gasteiger charge is 2.04. The Morgan fingerprint density at radius 1 is 1.08 bits per heavy atom. The van der Waals surface area contributed by atoms with Crippen molar-refractivity contribution in [3.8, 4) is 11.4 Å². The second kappa shape index (κ2) is 8.49. The van der Waals surface area contributed by atoms with Gasteiger partial charge in [0.1, 0.15) is 5.75 Å². The quantitative estimate of drug-likeness (QED) is 0.488. The lowest BCUT2D eigenvalue weighted by atomic mass is 10.1. The van der Waals surface area contributed by atoms with Crippen LogP contribution in [0.15, 0.2) is 82.6 Å². The SMILES string of the molecule is C/C(=N\NC(=O)COc1ccc(Br)cc1)c1ccc(-n2cccc2)cc1. The number of aromatic nitrogens is 1. The molecule has 1 N–H and O–H groups in total. The van der Waals surface area contributed by atoms with Crippen molar-refractivity contribution in [2.75, 3.05) is 6.61 Å². The van der Waals surface area contributed by atoms with Crippen LogP contribution in [0.4, 0.5) is 0 Å². The number of nitrogens with one attached hydrogen (secondary N) is 1. The predicted molar refractivity (Wildman–Crippen MR) is 106 cm³/mol. The third-order valence-corrected chi connectivity index (χ3v) is 4.25. The Labute approximate surface area is 160 Å². The first-order chi connectivity index (χ1) is 12.6. The summed E-state index contributed by atoms with van der Waals surface area (Å²) < 4.78 is 8.39. The monoisotopic (exact) mass is 411 g/mol. The minimum atomic E-state index is -0.309. The van der Waals surface area contributed by atoms with Crippen LogP contribution in [-0.2, 0) is 4.79 Å². The largest absolute Gasteiger partial charge is 0.484 e. The van der Waals surface area contributed by atoms with Crippen molar-refractivity contribution in [1.82, 2.24) is 9.99 Å². The maximum absolute atomic E-state index is 11.9. The smallest absolute Gasteiger partial charge is 0.277 e. The van der Waals surface area contributed by atoms with Crippen LogP contribution in [0.2, 0.25) is 0 Å². The first-order valence-corrected chi connectivity index (χ1v) is 8.86. The molecule has 0 atom stereocenters. The molecule has 132 valence electrons. The maximum atomic E-state index is 11.9. The summed E-state index contributed by atoms with van der Waals surface area (Å²) in [6, 6.07) is 19.2. The van der Waals surface area contributed by atoms with Gasteiger partial charge in [-0.3, -0.25) is 4.79 Å². The number of carbonyl (C=O) groups excluding carboxylic acids is 1. The number of carbonyl (C=O) groups is 1. The molecule has 0 fully saturated rings. The minimum Gasteiger partial charge on any atom is -0.484 e. The van der Waals surface area contributed by atoms with Crippen LogP contribution in [0.5, 0.6) is 5.75 Å². The van der Waals surface area contributed by atoms with Gasteiger partial charge in [0.15, 0.2) is 6.61 Å². The summed E-state index contributed by atoms with van der Waals surface area (Å²) in [5.74, 6) is 0.320. The number of amides is 1. The van der Waals surface area contributed by atoms with Crippen LogP contribution in [0.1, 0.15) is 12.5 Å². The first kappa shape index (κ1) is 17.9. The number of nitrogens with zero attached hydrogens (tertiary/aromatic N) is 2. The summed E-state index contributed by atoms with van der Waals surface area (Å²) in [5, 5.41) is 4.14. The van der Waals surface area contributed by atoms with Crippen molar-refractivity contribution in [2.45, 2.75) is 6.92 Å². The number of rotatable bonds is 6. The van der Waals surface area contributed by atoms with E-state index < -0.39 is 0 Å². The zero-order chi connectivity index (χ0) is 18.4. The van der Waals surface area contributed by atoms with E-state index in [4.69, 9.17) is 4.74 Å². The molecular formula is C20H18BrN3O2. The fraction of sp³-hybridized carbons (Fsp3) is 0.100. The lowest BCUT2D eigenvalue weighted by molar-refractivity contribution is -0.123. The summed E-state index contributed by atoms with van der Waals surface area (Å²) in [4.78, 5) is 11.9. The van der Waals surface area contributed by atoms with Crippen molar-refractivity contribution >= 4 is 27.5 Å². The molecule has 26 heavy (non-hydrogen) atoms. The Balaban J connectivity index is 1.54. The molecule has 6 heteroatoms. The van der Waals surface area contributed by atoms with Gasteiger partial charge in [-0.25, -0.2) is 5.43 Å². The third-order valence-electron chi connectivity index (χ3n) is 3.72. The highest BCUT2D eigenvalue weighted by Crippen LogP contribution is 2.16. The summed E-state index contributed by atoms with van der Waals surface area (Å²) in [6.07, 6.45) is 3.98. The Kier molecular flexibility index (Phi) is 5.86. The van der Waals surface area contributed by atoms with Gasteiger partial charge in [-0.15, -0.1) is 0 Å². The molecular weight excluding hydrogens is 394 g/mol. The molecule has 0 aliphatic rings. The van der Waals surface area contributed by atoms with E-state index in [1.54, 1.807) is 12.1 Å². The van der Waals surface area contributed by atoms with Gasteiger partial charge in [0.2, 0.25) is 0 Å². The average Bonchev–Trinajstić information content (AvgIpc) is 3.20. The molecule has 3 rings (SSSR count). The molecule has 0 radical (unpaired) electrons. The van der Waals surface area contributed by atoms with Gasteiger partial charge < -0.3 is 9.30 Å². The van der Waals surface area contributed by atoms with Gasteiger partial charge in [0, 0.05) is 22.6 Å². The topological polar surface area (TPSA) is 55.6 Å². The standard InChI is InChI=1S/C20H18BrN3O2/c1-15(16-4-8-18(9-5-16)24-12-2-3-13-24)22-23-20(25)14-26-19-10-6-17(21)7-11-19/h2-13H,14H2,1H3,(H,23,25)/b22-15+. The molecule has 1 aromatic heterocycles. The van der Waals surface area contributed by atoms with E-state index in [-0.39, 0.29) is 12.5 Å². The van der Waals surface area contributed by atoms with Crippen LogP contribution in [0, 0.1) is 0 Å². The van der Waals surface area contributed by atoms with Crippen LogP contribution >= 0.6 is 15.9 Å². The van der Waals surface area contributed by atoms with Crippen LogP contribution < -0.4 is 10.2 Å². The van der Waals surface area contributed by atoms with E-state index in [2.05, 4.69) is 26.5 Å². The molecule has 0 saturated heterocycles. The van der Waals surface area contributed by atoms with E-state index in [9.17, 15) is 4.79 Å². The summed E-state index contributed by atoms with van der Waals surface area (Å²) in [5.41, 5.74) is 5.25. The van der Waals surface area contributed by atoms with E-state index in [1.165, 1.54) is 0 Å². The second-order valence-corrected chi connectivity index (χ2v) is 6.53. The molecule has 1 amide bonds. The van der Waals surface area contributed by atoms with Crippen molar-refractivity contribution in [1.29, 1.82) is 0 Å². The third kappa shape index (κ3) is 4.83. The fourth-order valence-corrected chi connectivity index (χ4v) is 2.57. The first-order valence-electron chi connectivity index (χ1n) is 8.07. The van der Waals surface area contributed by atoms with Crippen molar-refractivity contribution in [3.05, 3.63) is 83.1 Å². The Bertz CT molecular complexity index is 886. The molecule has 0 saturated carbocycles. The molecule has 0 aliphatic carbocycles. The number of halogens is 1. The summed E-state index contributed by atoms with van der Waals surface area (Å²) >= 11 is 3.35. The molecule has 0 bridgehead atoms. The summed E-state index contributed by atoms with van der Waals surface area (Å²) in [6.45, 7) is 1.76. The van der Waals surface area contributed by atoms with Crippen molar-refractivity contribution in [3.63, 3.8) is 0 Å². The van der Waals surface area contributed by atoms with E-state index in [0.717, 1.165) is 21.4 Å².